The summed E-state index contributed by atoms with van der Waals surface area (Å²) in [6.45, 7) is 5.00. The van der Waals surface area contributed by atoms with Crippen LogP contribution in [0.25, 0.3) is 10.8 Å². The second-order valence-corrected chi connectivity index (χ2v) is 5.33. The number of ether oxygens (including phenoxy) is 1. The van der Waals surface area contributed by atoms with Crippen LogP contribution in [0.1, 0.15) is 25.5 Å². The Morgan fingerprint density at radius 1 is 1.15 bits per heavy atom. The highest BCUT2D eigenvalue weighted by Crippen LogP contribution is 2.25. The van der Waals surface area contributed by atoms with Crippen molar-refractivity contribution in [3.8, 4) is 0 Å². The molecule has 2 aromatic carbocycles. The number of nitrogens with one attached hydrogen (secondary N) is 1. The number of methoxy groups -OCH3 is 1. The van der Waals surface area contributed by atoms with Crippen molar-refractivity contribution in [3.63, 3.8) is 0 Å². The fourth-order valence-electron chi connectivity index (χ4n) is 2.29. The Kier molecular flexibility index (Phi) is 4.74. The lowest BCUT2D eigenvalue weighted by atomic mass is 9.98. The first-order chi connectivity index (χ1) is 9.63. The molecule has 2 rings (SSSR count). The highest BCUT2D eigenvalue weighted by Gasteiger charge is 2.22. The van der Waals surface area contributed by atoms with Gasteiger partial charge in [-0.25, -0.2) is 4.79 Å². The van der Waals surface area contributed by atoms with Crippen LogP contribution in [0.15, 0.2) is 42.5 Å². The highest BCUT2D eigenvalue weighted by molar-refractivity contribution is 5.90. The smallest absolute Gasteiger partial charge is 0.327 e. The highest BCUT2D eigenvalue weighted by atomic mass is 16.5. The van der Waals surface area contributed by atoms with Gasteiger partial charge in [-0.3, -0.25) is 0 Å². The zero-order valence-corrected chi connectivity index (χ0v) is 12.2. The molecule has 1 unspecified atom stereocenters. The van der Waals surface area contributed by atoms with Gasteiger partial charge in [0.05, 0.1) is 7.11 Å². The lowest BCUT2D eigenvalue weighted by Crippen LogP contribution is -2.32. The summed E-state index contributed by atoms with van der Waals surface area (Å²) < 4.78 is 4.95. The van der Waals surface area contributed by atoms with Gasteiger partial charge < -0.3 is 10.1 Å². The maximum Gasteiger partial charge on any atom is 0.327 e. The van der Waals surface area contributed by atoms with Crippen LogP contribution in [0.2, 0.25) is 0 Å². The summed E-state index contributed by atoms with van der Waals surface area (Å²) in [6, 6.07) is 13.7. The third kappa shape index (κ3) is 3.17. The van der Waals surface area contributed by atoms with Gasteiger partial charge in [-0.2, -0.15) is 0 Å². The lowest BCUT2D eigenvalue weighted by molar-refractivity contribution is -0.143. The molecule has 20 heavy (non-hydrogen) atoms. The van der Waals surface area contributed by atoms with Gasteiger partial charge in [0.2, 0.25) is 0 Å². The van der Waals surface area contributed by atoms with E-state index in [-0.39, 0.29) is 5.97 Å². The minimum atomic E-state index is -0.423. The summed E-state index contributed by atoms with van der Waals surface area (Å²) >= 11 is 0. The molecule has 0 aliphatic heterocycles. The molecule has 0 heterocycles. The summed E-state index contributed by atoms with van der Waals surface area (Å²) in [5.41, 5.74) is 0.968. The predicted molar refractivity (Wildman–Crippen MR) is 81.5 cm³/mol. The zero-order chi connectivity index (χ0) is 14.5. The molecule has 106 valence electrons. The second kappa shape index (κ2) is 6.53. The molecule has 0 radical (unpaired) electrons. The molecule has 1 N–H and O–H groups in total. The number of hydrogen-bond donors (Lipinski definition) is 1. The van der Waals surface area contributed by atoms with E-state index in [1.54, 1.807) is 0 Å². The Bertz CT molecular complexity index is 587. The number of esters is 1. The Morgan fingerprint density at radius 3 is 2.55 bits per heavy atom. The van der Waals surface area contributed by atoms with Gasteiger partial charge in [0.15, 0.2) is 0 Å². The number of rotatable bonds is 5. The van der Waals surface area contributed by atoms with E-state index in [1.807, 2.05) is 30.3 Å². The van der Waals surface area contributed by atoms with Crippen molar-refractivity contribution in [1.82, 2.24) is 5.32 Å². The average Bonchev–Trinajstić information content (AvgIpc) is 2.47. The maximum atomic E-state index is 12.1. The van der Waals surface area contributed by atoms with Crippen LogP contribution in [0.4, 0.5) is 0 Å². The minimum Gasteiger partial charge on any atom is -0.468 e. The Morgan fingerprint density at radius 2 is 1.85 bits per heavy atom. The van der Waals surface area contributed by atoms with E-state index >= 15 is 0 Å². The van der Waals surface area contributed by atoms with Gasteiger partial charge in [-0.1, -0.05) is 56.3 Å². The van der Waals surface area contributed by atoms with E-state index in [1.165, 1.54) is 7.11 Å². The topological polar surface area (TPSA) is 38.3 Å². The molecule has 0 fully saturated rings. The molecule has 0 saturated carbocycles. The number of carbonyl (C=O) groups excluding carboxylic acids is 1. The Hall–Kier alpha value is -1.87. The van der Waals surface area contributed by atoms with Gasteiger partial charge in [0.1, 0.15) is 6.04 Å². The van der Waals surface area contributed by atoms with E-state index < -0.39 is 6.04 Å². The zero-order valence-electron chi connectivity index (χ0n) is 12.2. The van der Waals surface area contributed by atoms with Gasteiger partial charge in [-0.05, 0) is 28.8 Å². The fourth-order valence-corrected chi connectivity index (χ4v) is 2.29. The molecular formula is C17H21NO2. The SMILES string of the molecule is COC(=O)C(NCC(C)C)c1cccc2ccccc12. The quantitative estimate of drug-likeness (QED) is 0.848. The van der Waals surface area contributed by atoms with E-state index in [4.69, 9.17) is 4.74 Å². The molecule has 0 bridgehead atoms. The number of fused-ring (bicyclic) bond motifs is 1. The largest absolute Gasteiger partial charge is 0.468 e. The van der Waals surface area contributed by atoms with Crippen LogP contribution >= 0.6 is 0 Å². The van der Waals surface area contributed by atoms with E-state index in [9.17, 15) is 4.79 Å². The van der Waals surface area contributed by atoms with Gasteiger partial charge in [0.25, 0.3) is 0 Å². The monoisotopic (exact) mass is 271 g/mol. The normalized spacial score (nSPS) is 12.6. The molecule has 0 saturated heterocycles. The standard InChI is InChI=1S/C17H21NO2/c1-12(2)11-18-16(17(19)20-3)15-10-6-8-13-7-4-5-9-14(13)15/h4-10,12,16,18H,11H2,1-3H3. The van der Waals surface area contributed by atoms with Crippen LogP contribution < -0.4 is 5.32 Å². The third-order valence-corrected chi connectivity index (χ3v) is 3.30. The Balaban J connectivity index is 2.42. The van der Waals surface area contributed by atoms with Crippen molar-refractivity contribution in [3.05, 3.63) is 48.0 Å². The summed E-state index contributed by atoms with van der Waals surface area (Å²) in [7, 11) is 1.43. The van der Waals surface area contributed by atoms with Gasteiger partial charge in [-0.15, -0.1) is 0 Å². The van der Waals surface area contributed by atoms with Crippen molar-refractivity contribution in [2.24, 2.45) is 5.92 Å². The van der Waals surface area contributed by atoms with Crippen LogP contribution in [-0.4, -0.2) is 19.6 Å². The first-order valence-corrected chi connectivity index (χ1v) is 6.92. The first-order valence-electron chi connectivity index (χ1n) is 6.92. The average molecular weight is 271 g/mol. The number of benzene rings is 2. The fraction of sp³-hybridized carbons (Fsp3) is 0.353. The van der Waals surface area contributed by atoms with E-state index in [0.717, 1.165) is 22.9 Å². The molecule has 3 heteroatoms. The van der Waals surface area contributed by atoms with Crippen molar-refractivity contribution in [1.29, 1.82) is 0 Å². The number of hydrogen-bond acceptors (Lipinski definition) is 3. The van der Waals surface area contributed by atoms with E-state index in [0.29, 0.717) is 5.92 Å². The summed E-state index contributed by atoms with van der Waals surface area (Å²) in [5.74, 6) is 0.221. The summed E-state index contributed by atoms with van der Waals surface area (Å²) in [6.07, 6.45) is 0. The number of carbonyl (C=O) groups is 1. The van der Waals surface area contributed by atoms with E-state index in [2.05, 4.69) is 31.3 Å². The predicted octanol–water partition coefficient (Wildman–Crippen LogP) is 3.30. The molecule has 0 spiro atoms. The van der Waals surface area contributed by atoms with Crippen molar-refractivity contribution in [2.75, 3.05) is 13.7 Å². The molecule has 3 nitrogen and oxygen atoms in total. The van der Waals surface area contributed by atoms with Crippen LogP contribution in [0, 0.1) is 5.92 Å². The van der Waals surface area contributed by atoms with Crippen molar-refractivity contribution in [2.45, 2.75) is 19.9 Å². The second-order valence-electron chi connectivity index (χ2n) is 5.33. The van der Waals surface area contributed by atoms with Crippen LogP contribution in [-0.2, 0) is 9.53 Å². The molecule has 2 aromatic rings. The molecule has 0 amide bonds. The maximum absolute atomic E-state index is 12.1. The van der Waals surface area contributed by atoms with Crippen LogP contribution in [0.5, 0.6) is 0 Å². The molecule has 0 aliphatic rings. The van der Waals surface area contributed by atoms with Crippen molar-refractivity contribution >= 4 is 16.7 Å². The molecule has 0 aromatic heterocycles. The van der Waals surface area contributed by atoms with Gasteiger partial charge in [0, 0.05) is 0 Å². The Labute approximate surface area is 119 Å². The minimum absolute atomic E-state index is 0.248. The third-order valence-electron chi connectivity index (χ3n) is 3.30. The van der Waals surface area contributed by atoms with Crippen LogP contribution in [0.3, 0.4) is 0 Å². The molecule has 1 atom stereocenters. The van der Waals surface area contributed by atoms with Gasteiger partial charge >= 0.3 is 5.97 Å². The molecular weight excluding hydrogens is 250 g/mol. The van der Waals surface area contributed by atoms with Crippen molar-refractivity contribution < 1.29 is 9.53 Å². The summed E-state index contributed by atoms with van der Waals surface area (Å²) in [4.78, 5) is 12.1. The summed E-state index contributed by atoms with van der Waals surface area (Å²) in [5, 5.41) is 5.52. The lowest BCUT2D eigenvalue weighted by Gasteiger charge is -2.19. The molecule has 0 aliphatic carbocycles. The first kappa shape index (κ1) is 14.5.